The van der Waals surface area contributed by atoms with Gasteiger partial charge in [-0.1, -0.05) is 0 Å². The molecule has 10 rings (SSSR count). The summed E-state index contributed by atoms with van der Waals surface area (Å²) in [6, 6.07) is 14.8. The standard InChI is InChI=1S/C42H44F2N8O6S.C5H7NO2/c43-27-7-12-51(23-27)59-48-36-6-4-34(44)38(33(36)21-45)58-30-2-5-35-32(18-30)40(55)52(25-47-35)29-19-42(57-24-29)10-15-50(16-11-42)37(53)20-41(56)8-13-49(14-9-41)28-1-3-31-26(17-28)22-46-39(31)54;7-4-2-1-3-5(8)6-4/h1-6,17-18,25,27,29,48,56H,7-16,19-20,22-24H2,(H,46,54);1-3H2,(H,6,7,8). The van der Waals surface area contributed by atoms with Crippen LogP contribution in [0.4, 0.5) is 20.2 Å². The van der Waals surface area contributed by atoms with E-state index in [9.17, 15) is 38.7 Å². The smallest absolute Gasteiger partial charge is 0.261 e. The van der Waals surface area contributed by atoms with Crippen molar-refractivity contribution < 1.29 is 42.5 Å². The molecule has 6 aliphatic rings. The average molecular weight is 940 g/mol. The second-order valence-electron chi connectivity index (χ2n) is 18.1. The van der Waals surface area contributed by atoms with Crippen molar-refractivity contribution in [1.82, 2.24) is 29.4 Å². The van der Waals surface area contributed by atoms with E-state index >= 15 is 4.39 Å². The molecular formula is C47H51F2N9O8S. The molecule has 0 aliphatic carbocycles. The Labute approximate surface area is 389 Å². The molecule has 2 atom stereocenters. The van der Waals surface area contributed by atoms with Crippen LogP contribution in [-0.2, 0) is 25.7 Å². The van der Waals surface area contributed by atoms with Gasteiger partial charge in [0.1, 0.15) is 23.6 Å². The molecule has 0 saturated carbocycles. The third kappa shape index (κ3) is 10.1. The van der Waals surface area contributed by atoms with E-state index < -0.39 is 23.2 Å². The number of benzene rings is 3. The Morgan fingerprint density at radius 3 is 2.49 bits per heavy atom. The maximum atomic E-state index is 15.1. The Hall–Kier alpha value is -6.14. The van der Waals surface area contributed by atoms with E-state index in [4.69, 9.17) is 9.47 Å². The van der Waals surface area contributed by atoms with E-state index in [2.05, 4.69) is 25.2 Å². The summed E-state index contributed by atoms with van der Waals surface area (Å²) in [4.78, 5) is 68.6. The van der Waals surface area contributed by atoms with Gasteiger partial charge in [-0.15, -0.1) is 0 Å². The van der Waals surface area contributed by atoms with Gasteiger partial charge in [-0.2, -0.15) is 5.26 Å². The Morgan fingerprint density at radius 1 is 1.01 bits per heavy atom. The van der Waals surface area contributed by atoms with Crippen molar-refractivity contribution in [1.29, 1.82) is 5.26 Å². The van der Waals surface area contributed by atoms with Crippen LogP contribution < -0.4 is 30.6 Å². The van der Waals surface area contributed by atoms with E-state index in [0.29, 0.717) is 120 Å². The first-order valence-electron chi connectivity index (χ1n) is 22.6. The van der Waals surface area contributed by atoms with Gasteiger partial charge in [-0.25, -0.2) is 18.1 Å². The average Bonchev–Trinajstić information content (AvgIpc) is 4.05. The lowest BCUT2D eigenvalue weighted by Gasteiger charge is -2.42. The van der Waals surface area contributed by atoms with Gasteiger partial charge in [0.2, 0.25) is 17.7 Å². The van der Waals surface area contributed by atoms with Gasteiger partial charge in [0.25, 0.3) is 11.5 Å². The molecule has 1 spiro atoms. The second kappa shape index (κ2) is 19.2. The Kier molecular flexibility index (Phi) is 13.2. The van der Waals surface area contributed by atoms with Crippen molar-refractivity contribution in [3.63, 3.8) is 0 Å². The predicted molar refractivity (Wildman–Crippen MR) is 243 cm³/mol. The van der Waals surface area contributed by atoms with Crippen LogP contribution in [0.1, 0.15) is 91.7 Å². The van der Waals surface area contributed by atoms with Gasteiger partial charge in [-0.05, 0) is 99.0 Å². The van der Waals surface area contributed by atoms with E-state index in [-0.39, 0.29) is 70.6 Å². The topological polar surface area (TPSA) is 211 Å². The number of hydrogen-bond donors (Lipinski definition) is 4. The molecule has 4 N–H and O–H groups in total. The highest BCUT2D eigenvalue weighted by Gasteiger charge is 2.45. The molecule has 4 amide bonds. The third-order valence-corrected chi connectivity index (χ3v) is 14.5. The number of rotatable bonds is 9. The van der Waals surface area contributed by atoms with Crippen LogP contribution in [0.5, 0.6) is 11.5 Å². The summed E-state index contributed by atoms with van der Waals surface area (Å²) in [7, 11) is 0. The van der Waals surface area contributed by atoms with Crippen molar-refractivity contribution in [3.05, 3.63) is 87.7 Å². The molecule has 5 fully saturated rings. The number of nitrogens with one attached hydrogen (secondary N) is 3. The summed E-state index contributed by atoms with van der Waals surface area (Å²) in [5.41, 5.74) is 1.43. The fourth-order valence-electron chi connectivity index (χ4n) is 9.66. The summed E-state index contributed by atoms with van der Waals surface area (Å²) in [5, 5.41) is 26.7. The Bertz CT molecular complexity index is 2680. The maximum absolute atomic E-state index is 15.1. The first kappa shape index (κ1) is 46.0. The largest absolute Gasteiger partial charge is 0.453 e. The molecule has 352 valence electrons. The lowest BCUT2D eigenvalue weighted by molar-refractivity contribution is -0.142. The molecule has 7 heterocycles. The fourth-order valence-corrected chi connectivity index (χ4v) is 10.5. The minimum Gasteiger partial charge on any atom is -0.453 e. The number of carbonyl (C=O) groups is 4. The number of hydrogen-bond acceptors (Lipinski definition) is 14. The molecular weight excluding hydrogens is 889 g/mol. The highest BCUT2D eigenvalue weighted by Crippen LogP contribution is 2.41. The van der Waals surface area contributed by atoms with Crippen molar-refractivity contribution in [3.8, 4) is 17.6 Å². The number of nitriles is 1. The fraction of sp³-hybridized carbons (Fsp3) is 0.468. The van der Waals surface area contributed by atoms with Gasteiger partial charge in [0.15, 0.2) is 11.6 Å². The van der Waals surface area contributed by atoms with E-state index in [1.807, 2.05) is 29.2 Å². The van der Waals surface area contributed by atoms with Crippen LogP contribution >= 0.6 is 12.1 Å². The van der Waals surface area contributed by atoms with Crippen LogP contribution in [0.3, 0.4) is 0 Å². The molecule has 3 aromatic carbocycles. The van der Waals surface area contributed by atoms with Gasteiger partial charge in [0.05, 0.1) is 53.2 Å². The number of likely N-dealkylation sites (tertiary alicyclic amines) is 1. The first-order chi connectivity index (χ1) is 32.3. The number of halogens is 2. The Balaban J connectivity index is 0.000000638. The number of anilines is 2. The second-order valence-corrected chi connectivity index (χ2v) is 19.0. The van der Waals surface area contributed by atoms with Crippen LogP contribution in [-0.4, -0.2) is 111 Å². The van der Waals surface area contributed by atoms with Gasteiger partial charge < -0.3 is 34.4 Å². The normalized spacial score (nSPS) is 22.1. The molecule has 1 aromatic heterocycles. The molecule has 6 aliphatic heterocycles. The first-order valence-corrected chi connectivity index (χ1v) is 23.4. The number of fused-ring (bicyclic) bond motifs is 2. The summed E-state index contributed by atoms with van der Waals surface area (Å²) in [6.45, 7) is 3.77. The minimum atomic E-state index is -1.09. The Morgan fingerprint density at radius 2 is 1.79 bits per heavy atom. The lowest BCUT2D eigenvalue weighted by Crippen LogP contribution is -2.51. The highest BCUT2D eigenvalue weighted by molar-refractivity contribution is 7.98. The van der Waals surface area contributed by atoms with Crippen molar-refractivity contribution in [2.24, 2.45) is 0 Å². The summed E-state index contributed by atoms with van der Waals surface area (Å²) in [5.74, 6) is -1.32. The van der Waals surface area contributed by atoms with E-state index in [0.717, 1.165) is 23.4 Å². The van der Waals surface area contributed by atoms with Crippen LogP contribution in [0, 0.1) is 17.1 Å². The SMILES string of the molecule is N#Cc1c(NSN2CCC(F)C2)ccc(F)c1Oc1ccc2ncn(C3COC4(CCN(C(=O)CC5(O)CCN(c6ccc7c(c6)CNC7=O)CC5)CC4)C3)c(=O)c2c1.O=C1CCCC(=O)N1. The number of aromatic nitrogens is 2. The van der Waals surface area contributed by atoms with Crippen LogP contribution in [0.15, 0.2) is 59.7 Å². The van der Waals surface area contributed by atoms with Gasteiger partial charge in [0, 0.05) is 82.0 Å². The molecule has 20 heteroatoms. The molecule has 0 radical (unpaired) electrons. The lowest BCUT2D eigenvalue weighted by atomic mass is 9.85. The van der Waals surface area contributed by atoms with E-state index in [1.165, 1.54) is 24.5 Å². The number of aliphatic hydroxyl groups is 1. The molecule has 5 saturated heterocycles. The third-order valence-electron chi connectivity index (χ3n) is 13.6. The number of nitrogens with zero attached hydrogens (tertiary/aromatic N) is 6. The van der Waals surface area contributed by atoms with Crippen molar-refractivity contribution >= 4 is 58.0 Å². The van der Waals surface area contributed by atoms with Gasteiger partial charge >= 0.3 is 0 Å². The number of alkyl halides is 1. The quantitative estimate of drug-likeness (QED) is 0.128. The van der Waals surface area contributed by atoms with Crippen LogP contribution in [0.25, 0.3) is 10.9 Å². The molecule has 4 aromatic rings. The molecule has 2 unspecified atom stereocenters. The number of imide groups is 1. The monoisotopic (exact) mass is 939 g/mol. The highest BCUT2D eigenvalue weighted by atomic mass is 32.2. The van der Waals surface area contributed by atoms with Crippen LogP contribution in [0.2, 0.25) is 0 Å². The van der Waals surface area contributed by atoms with E-state index in [1.54, 1.807) is 21.0 Å². The maximum Gasteiger partial charge on any atom is 0.261 e. The number of piperidine rings is 3. The zero-order valence-electron chi connectivity index (χ0n) is 36.7. The van der Waals surface area contributed by atoms with Gasteiger partial charge in [-0.3, -0.25) is 33.9 Å². The van der Waals surface area contributed by atoms with Crippen molar-refractivity contribution in [2.45, 2.75) is 94.2 Å². The molecule has 17 nitrogen and oxygen atoms in total. The molecule has 0 bridgehead atoms. The number of amides is 4. The number of carbonyl (C=O) groups excluding carboxylic acids is 4. The predicted octanol–water partition coefficient (Wildman–Crippen LogP) is 5.02. The van der Waals surface area contributed by atoms with Crippen molar-refractivity contribution in [2.75, 3.05) is 55.5 Å². The zero-order chi connectivity index (χ0) is 46.9. The number of ether oxygens (including phenoxy) is 2. The summed E-state index contributed by atoms with van der Waals surface area (Å²) >= 11 is 1.14. The summed E-state index contributed by atoms with van der Waals surface area (Å²) < 4.78 is 47.4. The molecule has 67 heavy (non-hydrogen) atoms. The minimum absolute atomic E-state index is 0.0519. The summed E-state index contributed by atoms with van der Waals surface area (Å²) in [6.07, 6.45) is 5.46. The zero-order valence-corrected chi connectivity index (χ0v) is 37.5.